The number of methoxy groups -OCH3 is 1. The molecule has 0 aromatic heterocycles. The van der Waals surface area contributed by atoms with E-state index in [0.717, 1.165) is 31.1 Å². The van der Waals surface area contributed by atoms with E-state index in [9.17, 15) is 4.79 Å². The van der Waals surface area contributed by atoms with Crippen molar-refractivity contribution in [2.45, 2.75) is 77.2 Å². The van der Waals surface area contributed by atoms with Crippen molar-refractivity contribution in [2.75, 3.05) is 7.11 Å². The summed E-state index contributed by atoms with van der Waals surface area (Å²) in [7, 11) is 1.37. The minimum atomic E-state index is -0.561. The van der Waals surface area contributed by atoms with Crippen LogP contribution in [0.25, 0.3) is 0 Å². The van der Waals surface area contributed by atoms with Gasteiger partial charge in [-0.2, -0.15) is 0 Å². The minimum absolute atomic E-state index is 0.379. The monoisotopic (exact) mass is 294 g/mol. The molecule has 21 heavy (non-hydrogen) atoms. The third-order valence-corrected chi connectivity index (χ3v) is 5.30. The zero-order valence-electron chi connectivity index (χ0n) is 13.8. The highest BCUT2D eigenvalue weighted by Crippen LogP contribution is 2.41. The van der Waals surface area contributed by atoms with Crippen molar-refractivity contribution >= 4 is 6.16 Å². The summed E-state index contributed by atoms with van der Waals surface area (Å²) in [5.74, 6) is 1.74. The van der Waals surface area contributed by atoms with E-state index in [0.29, 0.717) is 0 Å². The van der Waals surface area contributed by atoms with Crippen molar-refractivity contribution in [1.29, 1.82) is 0 Å². The van der Waals surface area contributed by atoms with Crippen LogP contribution < -0.4 is 0 Å². The van der Waals surface area contributed by atoms with E-state index in [1.807, 2.05) is 6.92 Å². The van der Waals surface area contributed by atoms with Crippen molar-refractivity contribution in [3.8, 4) is 0 Å². The molecule has 2 aliphatic rings. The predicted molar refractivity (Wildman–Crippen MR) is 84.2 cm³/mol. The first-order valence-corrected chi connectivity index (χ1v) is 8.52. The molecule has 0 aliphatic heterocycles. The van der Waals surface area contributed by atoms with Crippen LogP contribution in [0.3, 0.4) is 0 Å². The fourth-order valence-electron chi connectivity index (χ4n) is 3.90. The molecule has 0 spiro atoms. The van der Waals surface area contributed by atoms with Gasteiger partial charge in [0.15, 0.2) is 0 Å². The second kappa shape index (κ2) is 7.33. The molecule has 2 rings (SSSR count). The second-order valence-electron chi connectivity index (χ2n) is 7.00. The van der Waals surface area contributed by atoms with Crippen molar-refractivity contribution in [3.63, 3.8) is 0 Å². The van der Waals surface area contributed by atoms with Crippen LogP contribution in [0, 0.1) is 11.8 Å². The molecule has 120 valence electrons. The molecule has 0 aromatic rings. The van der Waals surface area contributed by atoms with E-state index in [2.05, 4.69) is 17.7 Å². The largest absolute Gasteiger partial charge is 0.508 e. The molecule has 0 radical (unpaired) electrons. The van der Waals surface area contributed by atoms with Gasteiger partial charge < -0.3 is 9.47 Å². The molecule has 0 N–H and O–H groups in total. The molecule has 0 amide bonds. The zero-order valence-corrected chi connectivity index (χ0v) is 13.8. The van der Waals surface area contributed by atoms with Gasteiger partial charge in [0.1, 0.15) is 5.60 Å². The number of hydrogen-bond acceptors (Lipinski definition) is 3. The lowest BCUT2D eigenvalue weighted by Crippen LogP contribution is -2.34. The van der Waals surface area contributed by atoms with E-state index in [4.69, 9.17) is 4.74 Å². The SMILES string of the molecule is CCC[C@H]1CC[C@H](C2=CCC(C)(OC(=O)OC)CC2)CC1. The van der Waals surface area contributed by atoms with Crippen LogP contribution in [-0.4, -0.2) is 18.9 Å². The van der Waals surface area contributed by atoms with E-state index in [1.54, 1.807) is 5.57 Å². The van der Waals surface area contributed by atoms with Gasteiger partial charge in [0.2, 0.25) is 0 Å². The molecule has 3 heteroatoms. The van der Waals surface area contributed by atoms with E-state index >= 15 is 0 Å². The van der Waals surface area contributed by atoms with Gasteiger partial charge in [0.25, 0.3) is 0 Å². The third-order valence-electron chi connectivity index (χ3n) is 5.30. The topological polar surface area (TPSA) is 35.5 Å². The number of hydrogen-bond donors (Lipinski definition) is 0. The molecular weight excluding hydrogens is 264 g/mol. The molecular formula is C18H30O3. The quantitative estimate of drug-likeness (QED) is 0.525. The van der Waals surface area contributed by atoms with E-state index in [-0.39, 0.29) is 5.60 Å². The fourth-order valence-corrected chi connectivity index (χ4v) is 3.90. The van der Waals surface area contributed by atoms with Crippen molar-refractivity contribution < 1.29 is 14.3 Å². The lowest BCUT2D eigenvalue weighted by molar-refractivity contribution is -0.0232. The Morgan fingerprint density at radius 1 is 1.33 bits per heavy atom. The summed E-state index contributed by atoms with van der Waals surface area (Å²) >= 11 is 0. The van der Waals surface area contributed by atoms with Gasteiger partial charge in [-0.3, -0.25) is 0 Å². The maximum atomic E-state index is 11.3. The predicted octanol–water partition coefficient (Wildman–Crippen LogP) is 5.24. The standard InChI is InChI=1S/C18H30O3/c1-4-5-14-6-8-15(9-7-14)16-10-12-18(2,13-11-16)21-17(19)20-3/h10,14-15H,4-9,11-13H2,1-3H3/t14-,15-,18?. The number of carbonyl (C=O) groups excluding carboxylic acids is 1. The summed E-state index contributed by atoms with van der Waals surface area (Å²) in [6, 6.07) is 0. The highest BCUT2D eigenvalue weighted by molar-refractivity contribution is 5.60. The van der Waals surface area contributed by atoms with Gasteiger partial charge in [-0.25, -0.2) is 4.79 Å². The van der Waals surface area contributed by atoms with Crippen LogP contribution in [0.1, 0.15) is 71.6 Å². The Kier molecular flexibility index (Phi) is 5.72. The Balaban J connectivity index is 1.84. The Labute approximate surface area is 129 Å². The number of allylic oxidation sites excluding steroid dienone is 1. The number of carbonyl (C=O) groups is 1. The first-order valence-electron chi connectivity index (χ1n) is 8.52. The molecule has 2 aliphatic carbocycles. The van der Waals surface area contributed by atoms with Gasteiger partial charge in [0, 0.05) is 6.42 Å². The molecule has 1 fully saturated rings. The first-order chi connectivity index (χ1) is 10.1. The summed E-state index contributed by atoms with van der Waals surface area (Å²) in [4.78, 5) is 11.3. The smallest absolute Gasteiger partial charge is 0.438 e. The average molecular weight is 294 g/mol. The highest BCUT2D eigenvalue weighted by Gasteiger charge is 2.33. The molecule has 0 bridgehead atoms. The summed E-state index contributed by atoms with van der Waals surface area (Å²) in [6.07, 6.45) is 12.8. The normalized spacial score (nSPS) is 33.2. The fraction of sp³-hybridized carbons (Fsp3) is 0.833. The highest BCUT2D eigenvalue weighted by atomic mass is 16.7. The van der Waals surface area contributed by atoms with Gasteiger partial charge in [-0.15, -0.1) is 0 Å². The lowest BCUT2D eigenvalue weighted by atomic mass is 9.73. The summed E-state index contributed by atoms with van der Waals surface area (Å²) in [5.41, 5.74) is 1.23. The van der Waals surface area contributed by atoms with Crippen molar-refractivity contribution in [2.24, 2.45) is 11.8 Å². The molecule has 1 atom stereocenters. The summed E-state index contributed by atoms with van der Waals surface area (Å²) in [5, 5.41) is 0. The maximum absolute atomic E-state index is 11.3. The van der Waals surface area contributed by atoms with Gasteiger partial charge in [0.05, 0.1) is 7.11 Å². The molecule has 3 nitrogen and oxygen atoms in total. The van der Waals surface area contributed by atoms with Crippen LogP contribution in [0.4, 0.5) is 4.79 Å². The van der Waals surface area contributed by atoms with Gasteiger partial charge in [-0.05, 0) is 57.3 Å². The molecule has 1 unspecified atom stereocenters. The molecule has 0 aromatic carbocycles. The van der Waals surface area contributed by atoms with Gasteiger partial charge >= 0.3 is 6.16 Å². The van der Waals surface area contributed by atoms with Crippen molar-refractivity contribution in [1.82, 2.24) is 0 Å². The minimum Gasteiger partial charge on any atom is -0.438 e. The van der Waals surface area contributed by atoms with Crippen LogP contribution in [0.15, 0.2) is 11.6 Å². The number of ether oxygens (including phenoxy) is 2. The van der Waals surface area contributed by atoms with Crippen LogP contribution in [-0.2, 0) is 9.47 Å². The molecule has 0 heterocycles. The molecule has 1 saturated carbocycles. The Morgan fingerprint density at radius 2 is 2.05 bits per heavy atom. The van der Waals surface area contributed by atoms with Gasteiger partial charge in [-0.1, -0.05) is 31.4 Å². The summed E-state index contributed by atoms with van der Waals surface area (Å²) < 4.78 is 10.0. The summed E-state index contributed by atoms with van der Waals surface area (Å²) in [6.45, 7) is 4.30. The number of rotatable bonds is 4. The van der Waals surface area contributed by atoms with Crippen molar-refractivity contribution in [3.05, 3.63) is 11.6 Å². The lowest BCUT2D eigenvalue weighted by Gasteiger charge is -2.36. The zero-order chi connectivity index (χ0) is 15.3. The van der Waals surface area contributed by atoms with E-state index in [1.165, 1.54) is 45.6 Å². The van der Waals surface area contributed by atoms with Crippen LogP contribution in [0.5, 0.6) is 0 Å². The van der Waals surface area contributed by atoms with Crippen LogP contribution in [0.2, 0.25) is 0 Å². The average Bonchev–Trinajstić information content (AvgIpc) is 2.49. The van der Waals surface area contributed by atoms with E-state index < -0.39 is 6.16 Å². The Morgan fingerprint density at radius 3 is 2.57 bits per heavy atom. The first kappa shape index (κ1) is 16.4. The second-order valence-corrected chi connectivity index (χ2v) is 7.00. The van der Waals surface area contributed by atoms with Crippen LogP contribution >= 0.6 is 0 Å². The Bertz CT molecular complexity index is 380. The molecule has 0 saturated heterocycles. The maximum Gasteiger partial charge on any atom is 0.508 e. The Hall–Kier alpha value is -0.990. The third kappa shape index (κ3) is 4.49.